The van der Waals surface area contributed by atoms with Crippen molar-refractivity contribution in [2.75, 3.05) is 0 Å². The molecule has 0 aromatic carbocycles. The molecular weight excluding hydrogens is 106 g/mol. The Kier molecular flexibility index (Phi) is 3.07. The highest BCUT2D eigenvalue weighted by molar-refractivity contribution is 5.57. The molecule has 0 fully saturated rings. The predicted octanol–water partition coefficient (Wildman–Crippen LogP) is -0.941. The van der Waals surface area contributed by atoms with Crippen molar-refractivity contribution < 1.29 is 9.90 Å². The lowest BCUT2D eigenvalue weighted by molar-refractivity contribution is -0.115. The second-order valence-electron chi connectivity index (χ2n) is 1.44. The lowest BCUT2D eigenvalue weighted by atomic mass is 10.2. The molecule has 46 valence electrons. The summed E-state index contributed by atoms with van der Waals surface area (Å²) in [5.74, 6) is 0. The van der Waals surface area contributed by atoms with E-state index in [9.17, 15) is 4.79 Å². The molecule has 8 heavy (non-hydrogen) atoms. The van der Waals surface area contributed by atoms with E-state index in [0.29, 0.717) is 6.29 Å². The topological polar surface area (TPSA) is 63.3 Å². The predicted molar refractivity (Wildman–Crippen MR) is 30.2 cm³/mol. The molecule has 0 rings (SSSR count). The summed E-state index contributed by atoms with van der Waals surface area (Å²) in [6.07, 6.45) is 0.596. The van der Waals surface area contributed by atoms with E-state index in [1.54, 1.807) is 0 Å². The molecule has 0 aliphatic heterocycles. The summed E-state index contributed by atoms with van der Waals surface area (Å²) in [5.41, 5.74) is 5.13. The zero-order chi connectivity index (χ0) is 6.57. The van der Waals surface area contributed by atoms with Crippen LogP contribution in [0.4, 0.5) is 0 Å². The lowest BCUT2D eigenvalue weighted by Gasteiger charge is -2.05. The zero-order valence-corrected chi connectivity index (χ0v) is 4.45. The number of carbonyl (C=O) groups is 1. The Hall–Kier alpha value is -0.670. The Labute approximate surface area is 47.8 Å². The van der Waals surface area contributed by atoms with Crippen molar-refractivity contribution >= 4 is 6.29 Å². The molecule has 0 radical (unpaired) electrons. The molecule has 3 heteroatoms. The van der Waals surface area contributed by atoms with Crippen LogP contribution in [0.15, 0.2) is 12.7 Å². The second-order valence-corrected chi connectivity index (χ2v) is 1.44. The fraction of sp³-hybridized carbons (Fsp3) is 0.400. The van der Waals surface area contributed by atoms with E-state index >= 15 is 0 Å². The molecule has 0 saturated heterocycles. The highest BCUT2D eigenvalue weighted by Crippen LogP contribution is 1.84. The van der Waals surface area contributed by atoms with Crippen molar-refractivity contribution in [1.82, 2.24) is 0 Å². The summed E-state index contributed by atoms with van der Waals surface area (Å²) in [7, 11) is 0. The summed E-state index contributed by atoms with van der Waals surface area (Å²) in [5, 5.41) is 8.56. The van der Waals surface area contributed by atoms with Gasteiger partial charge in [0.2, 0.25) is 0 Å². The minimum atomic E-state index is -1.10. The summed E-state index contributed by atoms with van der Waals surface area (Å²) in [6, 6.07) is -0.632. The number of aldehydes is 1. The van der Waals surface area contributed by atoms with Crippen molar-refractivity contribution in [3.05, 3.63) is 12.7 Å². The Morgan fingerprint density at radius 2 is 2.25 bits per heavy atom. The maximum atomic E-state index is 9.73. The van der Waals surface area contributed by atoms with E-state index in [1.807, 2.05) is 0 Å². The Morgan fingerprint density at radius 3 is 2.38 bits per heavy atom. The molecular formula is C5H9NO2. The summed E-state index contributed by atoms with van der Waals surface area (Å²) < 4.78 is 0. The molecule has 3 nitrogen and oxygen atoms in total. The van der Waals surface area contributed by atoms with Crippen LogP contribution in [0.5, 0.6) is 0 Å². The normalized spacial score (nSPS) is 16.8. The van der Waals surface area contributed by atoms with E-state index in [0.717, 1.165) is 0 Å². The third-order valence-electron chi connectivity index (χ3n) is 0.806. The van der Waals surface area contributed by atoms with Gasteiger partial charge in [-0.2, -0.15) is 0 Å². The Balaban J connectivity index is 3.60. The minimum Gasteiger partial charge on any atom is -0.384 e. The summed E-state index contributed by atoms with van der Waals surface area (Å²) >= 11 is 0. The molecule has 2 atom stereocenters. The highest BCUT2D eigenvalue weighted by atomic mass is 16.3. The van der Waals surface area contributed by atoms with Crippen LogP contribution >= 0.6 is 0 Å². The molecule has 2 unspecified atom stereocenters. The van der Waals surface area contributed by atoms with Gasteiger partial charge in [-0.25, -0.2) is 0 Å². The molecule has 0 aromatic rings. The maximum Gasteiger partial charge on any atom is 0.150 e. The van der Waals surface area contributed by atoms with E-state index in [-0.39, 0.29) is 0 Å². The van der Waals surface area contributed by atoms with E-state index < -0.39 is 12.1 Å². The standard InChI is InChI=1S/C5H9NO2/c1-2-4(6)5(8)3-7/h2-5,8H,1,6H2. The van der Waals surface area contributed by atoms with Crippen LogP contribution in [-0.2, 0) is 4.79 Å². The SMILES string of the molecule is C=CC(N)C(O)C=O. The van der Waals surface area contributed by atoms with Gasteiger partial charge < -0.3 is 15.6 Å². The van der Waals surface area contributed by atoms with Crippen LogP contribution in [0, 0.1) is 0 Å². The highest BCUT2D eigenvalue weighted by Gasteiger charge is 2.07. The number of hydrogen-bond donors (Lipinski definition) is 2. The molecule has 0 aliphatic carbocycles. The molecule has 0 spiro atoms. The van der Waals surface area contributed by atoms with Crippen molar-refractivity contribution in [2.24, 2.45) is 5.73 Å². The van der Waals surface area contributed by atoms with Gasteiger partial charge in [-0.15, -0.1) is 6.58 Å². The monoisotopic (exact) mass is 115 g/mol. The van der Waals surface area contributed by atoms with Gasteiger partial charge in [-0.05, 0) is 0 Å². The van der Waals surface area contributed by atoms with Gasteiger partial charge in [0.05, 0.1) is 6.04 Å². The number of aliphatic hydroxyl groups is 1. The van der Waals surface area contributed by atoms with Gasteiger partial charge >= 0.3 is 0 Å². The van der Waals surface area contributed by atoms with Gasteiger partial charge in [0.1, 0.15) is 12.4 Å². The maximum absolute atomic E-state index is 9.73. The number of hydrogen-bond acceptors (Lipinski definition) is 3. The Morgan fingerprint density at radius 1 is 1.75 bits per heavy atom. The Bertz CT molecular complexity index is 80.4. The molecule has 0 saturated carbocycles. The van der Waals surface area contributed by atoms with Crippen molar-refractivity contribution in [2.45, 2.75) is 12.1 Å². The average molecular weight is 115 g/mol. The van der Waals surface area contributed by atoms with Crippen LogP contribution in [0.25, 0.3) is 0 Å². The second kappa shape index (κ2) is 3.35. The van der Waals surface area contributed by atoms with Gasteiger partial charge in [-0.1, -0.05) is 6.08 Å². The average Bonchev–Trinajstić information content (AvgIpc) is 1.84. The fourth-order valence-corrected chi connectivity index (χ4v) is 0.230. The fourth-order valence-electron chi connectivity index (χ4n) is 0.230. The first kappa shape index (κ1) is 7.33. The van der Waals surface area contributed by atoms with E-state index in [2.05, 4.69) is 6.58 Å². The molecule has 0 aromatic heterocycles. The quantitative estimate of drug-likeness (QED) is 0.368. The van der Waals surface area contributed by atoms with Crippen molar-refractivity contribution in [1.29, 1.82) is 0 Å². The van der Waals surface area contributed by atoms with Crippen LogP contribution < -0.4 is 5.73 Å². The van der Waals surface area contributed by atoms with Gasteiger partial charge in [0.25, 0.3) is 0 Å². The van der Waals surface area contributed by atoms with Crippen LogP contribution in [0.3, 0.4) is 0 Å². The zero-order valence-electron chi connectivity index (χ0n) is 4.45. The van der Waals surface area contributed by atoms with Gasteiger partial charge in [0, 0.05) is 0 Å². The molecule has 0 heterocycles. The van der Waals surface area contributed by atoms with E-state index in [1.165, 1.54) is 6.08 Å². The van der Waals surface area contributed by atoms with E-state index in [4.69, 9.17) is 10.8 Å². The van der Waals surface area contributed by atoms with Crippen LogP contribution in [0.1, 0.15) is 0 Å². The number of carbonyl (C=O) groups excluding carboxylic acids is 1. The van der Waals surface area contributed by atoms with Gasteiger partial charge in [-0.3, -0.25) is 0 Å². The van der Waals surface area contributed by atoms with Crippen LogP contribution in [-0.4, -0.2) is 23.5 Å². The largest absolute Gasteiger partial charge is 0.384 e. The smallest absolute Gasteiger partial charge is 0.150 e. The third kappa shape index (κ3) is 1.86. The number of aliphatic hydroxyl groups excluding tert-OH is 1. The summed E-state index contributed by atoms with van der Waals surface area (Å²) in [6.45, 7) is 3.29. The van der Waals surface area contributed by atoms with Crippen LogP contribution in [0.2, 0.25) is 0 Å². The van der Waals surface area contributed by atoms with Crippen molar-refractivity contribution in [3.8, 4) is 0 Å². The third-order valence-corrected chi connectivity index (χ3v) is 0.806. The molecule has 3 N–H and O–H groups in total. The molecule has 0 amide bonds. The molecule has 0 aliphatic rings. The first-order valence-corrected chi connectivity index (χ1v) is 2.24. The first-order chi connectivity index (χ1) is 3.72. The molecule has 0 bridgehead atoms. The first-order valence-electron chi connectivity index (χ1n) is 2.24. The summed E-state index contributed by atoms with van der Waals surface area (Å²) in [4.78, 5) is 9.73. The lowest BCUT2D eigenvalue weighted by Crippen LogP contribution is -2.33. The number of rotatable bonds is 3. The van der Waals surface area contributed by atoms with Crippen molar-refractivity contribution in [3.63, 3.8) is 0 Å². The van der Waals surface area contributed by atoms with Gasteiger partial charge in [0.15, 0.2) is 0 Å². The minimum absolute atomic E-state index is 0.381. The number of nitrogens with two attached hydrogens (primary N) is 1.